The molecule has 5 atom stereocenters. The van der Waals surface area contributed by atoms with Gasteiger partial charge in [0.05, 0.1) is 31.2 Å². The highest BCUT2D eigenvalue weighted by molar-refractivity contribution is 7.15. The van der Waals surface area contributed by atoms with Crippen LogP contribution in [0.2, 0.25) is 0 Å². The molecule has 1 saturated carbocycles. The van der Waals surface area contributed by atoms with Crippen LogP contribution in [0.15, 0.2) is 22.8 Å². The van der Waals surface area contributed by atoms with E-state index in [1.807, 2.05) is 13.0 Å². The third-order valence-electron chi connectivity index (χ3n) is 8.58. The first-order valence-corrected chi connectivity index (χ1v) is 13.9. The Morgan fingerprint density at radius 1 is 1.28 bits per heavy atom. The number of anilines is 1. The number of hydrogen-bond donors (Lipinski definition) is 4. The average Bonchev–Trinajstić information content (AvgIpc) is 3.51. The number of aliphatic hydroxyl groups is 2. The molecule has 2 heterocycles. The predicted molar refractivity (Wildman–Crippen MR) is 139 cm³/mol. The number of unbranched alkanes of at least 4 members (excludes halogenated alkanes) is 2. The maximum absolute atomic E-state index is 13.1. The molecule has 4 N–H and O–H groups in total. The Morgan fingerprint density at radius 2 is 2.08 bits per heavy atom. The Kier molecular flexibility index (Phi) is 8.22. The maximum Gasteiger partial charge on any atom is 0.226 e. The predicted octanol–water partition coefficient (Wildman–Crippen LogP) is 4.38. The zero-order valence-electron chi connectivity index (χ0n) is 21.5. The van der Waals surface area contributed by atoms with E-state index in [9.17, 15) is 19.8 Å². The molecular weight excluding hydrogens is 478 g/mol. The fraction of sp³-hybridized carbons (Fsp3) is 0.667. The number of aliphatic hydroxyl groups excluding tert-OH is 2. The number of carbonyl (C=O) groups is 2. The van der Waals surface area contributed by atoms with E-state index in [2.05, 4.69) is 24.5 Å². The van der Waals surface area contributed by atoms with Gasteiger partial charge in [-0.2, -0.15) is 0 Å². The average molecular weight is 518 g/mol. The molecule has 2 aromatic heterocycles. The Labute approximate surface area is 216 Å². The van der Waals surface area contributed by atoms with Gasteiger partial charge in [0.2, 0.25) is 11.8 Å². The standard InChI is InChI=1S/C27H39N3O5S/c1-4-5-6-9-22(33)29-25-30-24-18(13-23(34)28-15-17-8-7-12-35-17)26(2)11-10-21(32)27(3,16-31)20(26)14-19(24)36-25/h7-8,12,18,20-21,31-32H,4-6,9-11,13-16H2,1-3H3,(H,28,34)(H,29,30,33). The van der Waals surface area contributed by atoms with E-state index in [1.165, 1.54) is 11.3 Å². The summed E-state index contributed by atoms with van der Waals surface area (Å²) in [6.45, 7) is 6.42. The van der Waals surface area contributed by atoms with Crippen LogP contribution in [0.1, 0.15) is 88.0 Å². The summed E-state index contributed by atoms with van der Waals surface area (Å²) in [5, 5.41) is 27.8. The van der Waals surface area contributed by atoms with E-state index >= 15 is 0 Å². The molecule has 8 nitrogen and oxygen atoms in total. The van der Waals surface area contributed by atoms with Crippen LogP contribution in [0, 0.1) is 16.7 Å². The minimum Gasteiger partial charge on any atom is -0.467 e. The van der Waals surface area contributed by atoms with Crippen molar-refractivity contribution in [3.05, 3.63) is 34.7 Å². The minimum atomic E-state index is -0.679. The number of hydrogen-bond acceptors (Lipinski definition) is 7. The van der Waals surface area contributed by atoms with Gasteiger partial charge in [-0.15, -0.1) is 11.3 Å². The van der Waals surface area contributed by atoms with Crippen molar-refractivity contribution in [3.63, 3.8) is 0 Å². The smallest absolute Gasteiger partial charge is 0.226 e. The second-order valence-corrected chi connectivity index (χ2v) is 12.0. The topological polar surface area (TPSA) is 125 Å². The third-order valence-corrected chi connectivity index (χ3v) is 9.59. The number of thiazole rings is 1. The number of furan rings is 1. The molecular formula is C27H39N3O5S. The molecule has 2 aliphatic rings. The lowest BCUT2D eigenvalue weighted by molar-refractivity contribution is -0.144. The monoisotopic (exact) mass is 517 g/mol. The highest BCUT2D eigenvalue weighted by Crippen LogP contribution is 2.62. The van der Waals surface area contributed by atoms with Crippen LogP contribution in [0.4, 0.5) is 5.13 Å². The van der Waals surface area contributed by atoms with Crippen molar-refractivity contribution in [2.24, 2.45) is 16.7 Å². The number of amides is 2. The molecule has 9 heteroatoms. The first kappa shape index (κ1) is 26.8. The number of nitrogens with zero attached hydrogens (tertiary/aromatic N) is 1. The first-order valence-electron chi connectivity index (χ1n) is 13.1. The minimum absolute atomic E-state index is 0.0253. The molecule has 0 saturated heterocycles. The van der Waals surface area contributed by atoms with E-state index in [-0.39, 0.29) is 42.1 Å². The molecule has 5 unspecified atom stereocenters. The summed E-state index contributed by atoms with van der Waals surface area (Å²) in [7, 11) is 0. The van der Waals surface area contributed by atoms with Crippen LogP contribution in [-0.4, -0.2) is 39.7 Å². The van der Waals surface area contributed by atoms with Gasteiger partial charge in [-0.1, -0.05) is 33.6 Å². The van der Waals surface area contributed by atoms with Gasteiger partial charge < -0.3 is 25.3 Å². The van der Waals surface area contributed by atoms with Gasteiger partial charge >= 0.3 is 0 Å². The van der Waals surface area contributed by atoms with Crippen molar-refractivity contribution in [1.29, 1.82) is 0 Å². The summed E-state index contributed by atoms with van der Waals surface area (Å²) < 4.78 is 5.34. The summed E-state index contributed by atoms with van der Waals surface area (Å²) in [6.07, 6.45) is 6.55. The first-order chi connectivity index (χ1) is 17.2. The van der Waals surface area contributed by atoms with Crippen LogP contribution in [0.25, 0.3) is 0 Å². The Morgan fingerprint density at radius 3 is 2.78 bits per heavy atom. The number of fused-ring (bicyclic) bond motifs is 2. The molecule has 0 spiro atoms. The van der Waals surface area contributed by atoms with Crippen molar-refractivity contribution in [3.8, 4) is 0 Å². The largest absolute Gasteiger partial charge is 0.467 e. The Hall–Kier alpha value is -2.23. The van der Waals surface area contributed by atoms with E-state index in [4.69, 9.17) is 9.40 Å². The number of carbonyl (C=O) groups excluding carboxylic acids is 2. The summed E-state index contributed by atoms with van der Waals surface area (Å²) in [4.78, 5) is 31.5. The van der Waals surface area contributed by atoms with Gasteiger partial charge in [0, 0.05) is 29.1 Å². The van der Waals surface area contributed by atoms with Crippen LogP contribution in [0.3, 0.4) is 0 Å². The van der Waals surface area contributed by atoms with E-state index in [0.717, 1.165) is 36.3 Å². The van der Waals surface area contributed by atoms with Gasteiger partial charge in [0.15, 0.2) is 5.13 Å². The van der Waals surface area contributed by atoms with Gasteiger partial charge in [-0.05, 0) is 49.1 Å². The van der Waals surface area contributed by atoms with Crippen molar-refractivity contribution < 1.29 is 24.2 Å². The summed E-state index contributed by atoms with van der Waals surface area (Å²) in [5.41, 5.74) is -0.143. The molecule has 0 aromatic carbocycles. The van der Waals surface area contributed by atoms with Crippen LogP contribution in [0.5, 0.6) is 0 Å². The zero-order chi connectivity index (χ0) is 25.9. The SMILES string of the molecule is CCCCCC(=O)Nc1nc2c(s1)CC1C(C)(CO)C(O)CCC1(C)C2CC(=O)NCc1ccco1. The van der Waals surface area contributed by atoms with Gasteiger partial charge in [-0.25, -0.2) is 4.98 Å². The lowest BCUT2D eigenvalue weighted by atomic mass is 9.47. The van der Waals surface area contributed by atoms with E-state index < -0.39 is 11.5 Å². The molecule has 36 heavy (non-hydrogen) atoms. The number of nitrogens with one attached hydrogen (secondary N) is 2. The molecule has 0 aliphatic heterocycles. The summed E-state index contributed by atoms with van der Waals surface area (Å²) in [6, 6.07) is 3.61. The quantitative estimate of drug-likeness (QED) is 0.347. The molecule has 2 amide bonds. The summed E-state index contributed by atoms with van der Waals surface area (Å²) >= 11 is 1.46. The molecule has 2 aliphatic carbocycles. The highest BCUT2D eigenvalue weighted by Gasteiger charge is 2.59. The normalized spacial score (nSPS) is 29.3. The molecule has 1 fully saturated rings. The lowest BCUT2D eigenvalue weighted by Gasteiger charge is -2.58. The molecule has 4 rings (SSSR count). The number of aromatic nitrogens is 1. The van der Waals surface area contributed by atoms with Crippen molar-refractivity contribution in [2.75, 3.05) is 11.9 Å². The van der Waals surface area contributed by atoms with E-state index in [1.54, 1.807) is 12.3 Å². The Balaban J connectivity index is 1.61. The van der Waals surface area contributed by atoms with Crippen molar-refractivity contribution in [2.45, 2.75) is 90.7 Å². The maximum atomic E-state index is 13.1. The summed E-state index contributed by atoms with van der Waals surface area (Å²) in [5.74, 6) is 0.332. The molecule has 0 bridgehead atoms. The molecule has 2 aromatic rings. The van der Waals surface area contributed by atoms with Crippen molar-refractivity contribution >= 4 is 28.3 Å². The highest BCUT2D eigenvalue weighted by atomic mass is 32.1. The van der Waals surface area contributed by atoms with E-state index in [0.29, 0.717) is 36.7 Å². The second-order valence-electron chi connectivity index (χ2n) is 10.9. The zero-order valence-corrected chi connectivity index (χ0v) is 22.3. The fourth-order valence-electron chi connectivity index (χ4n) is 6.27. The van der Waals surface area contributed by atoms with Crippen LogP contribution < -0.4 is 10.6 Å². The fourth-order valence-corrected chi connectivity index (χ4v) is 7.36. The lowest BCUT2D eigenvalue weighted by Crippen LogP contribution is -2.57. The van der Waals surface area contributed by atoms with Gasteiger partial charge in [-0.3, -0.25) is 9.59 Å². The van der Waals surface area contributed by atoms with Crippen LogP contribution in [-0.2, 0) is 22.6 Å². The van der Waals surface area contributed by atoms with Crippen molar-refractivity contribution in [1.82, 2.24) is 10.3 Å². The van der Waals surface area contributed by atoms with Gasteiger partial charge in [0.1, 0.15) is 5.76 Å². The molecule has 0 radical (unpaired) electrons. The Bertz CT molecular complexity index is 1050. The van der Waals surface area contributed by atoms with Gasteiger partial charge in [0.25, 0.3) is 0 Å². The second kappa shape index (κ2) is 11.0. The third kappa shape index (κ3) is 5.24. The number of rotatable bonds is 10. The molecule has 198 valence electrons. The van der Waals surface area contributed by atoms with Crippen LogP contribution >= 0.6 is 11.3 Å².